The van der Waals surface area contributed by atoms with E-state index in [1.165, 1.54) is 17.6 Å². The molecule has 1 saturated carbocycles. The number of aliphatic hydroxyl groups is 1. The van der Waals surface area contributed by atoms with E-state index in [0.29, 0.717) is 23.7 Å². The van der Waals surface area contributed by atoms with E-state index in [4.69, 9.17) is 0 Å². The third-order valence-corrected chi connectivity index (χ3v) is 4.82. The first kappa shape index (κ1) is 12.9. The lowest BCUT2D eigenvalue weighted by Crippen LogP contribution is -2.27. The zero-order chi connectivity index (χ0) is 13.4. The van der Waals surface area contributed by atoms with Crippen LogP contribution in [0.15, 0.2) is 42.0 Å². The molecule has 0 bridgehead atoms. The highest BCUT2D eigenvalue weighted by Gasteiger charge is 2.46. The molecule has 0 heterocycles. The highest BCUT2D eigenvalue weighted by molar-refractivity contribution is 5.26. The van der Waals surface area contributed by atoms with Gasteiger partial charge in [0.25, 0.3) is 0 Å². The van der Waals surface area contributed by atoms with Gasteiger partial charge in [-0.3, -0.25) is 0 Å². The van der Waals surface area contributed by atoms with Crippen molar-refractivity contribution in [3.05, 3.63) is 47.5 Å². The van der Waals surface area contributed by atoms with Gasteiger partial charge in [-0.25, -0.2) is 0 Å². The monoisotopic (exact) mass is 256 g/mol. The van der Waals surface area contributed by atoms with Gasteiger partial charge in [0, 0.05) is 0 Å². The first-order valence-electron chi connectivity index (χ1n) is 7.55. The SMILES string of the molecule is CC1=CC(C)CC(C(O)C2CC2c2ccccc2)C1. The highest BCUT2D eigenvalue weighted by Crippen LogP contribution is 2.52. The zero-order valence-corrected chi connectivity index (χ0v) is 11.9. The van der Waals surface area contributed by atoms with Gasteiger partial charge in [0.05, 0.1) is 6.10 Å². The summed E-state index contributed by atoms with van der Waals surface area (Å²) in [4.78, 5) is 0. The molecule has 0 saturated heterocycles. The average Bonchev–Trinajstić information content (AvgIpc) is 3.18. The highest BCUT2D eigenvalue weighted by atomic mass is 16.3. The molecule has 5 unspecified atom stereocenters. The maximum absolute atomic E-state index is 10.7. The van der Waals surface area contributed by atoms with E-state index < -0.39 is 0 Å². The second kappa shape index (κ2) is 5.13. The van der Waals surface area contributed by atoms with Gasteiger partial charge in [0.2, 0.25) is 0 Å². The summed E-state index contributed by atoms with van der Waals surface area (Å²) < 4.78 is 0. The molecule has 0 amide bonds. The predicted octanol–water partition coefficient (Wildman–Crippen LogP) is 4.14. The number of allylic oxidation sites excluding steroid dienone is 2. The molecular weight excluding hydrogens is 232 g/mol. The van der Waals surface area contributed by atoms with Crippen LogP contribution in [0.4, 0.5) is 0 Å². The Balaban J connectivity index is 1.64. The van der Waals surface area contributed by atoms with Gasteiger partial charge in [-0.1, -0.05) is 48.9 Å². The summed E-state index contributed by atoms with van der Waals surface area (Å²) in [6, 6.07) is 10.7. The molecule has 1 fully saturated rings. The maximum Gasteiger partial charge on any atom is 0.0605 e. The van der Waals surface area contributed by atoms with Crippen LogP contribution in [0.2, 0.25) is 0 Å². The Morgan fingerprint density at radius 3 is 2.58 bits per heavy atom. The third-order valence-electron chi connectivity index (χ3n) is 4.82. The second-order valence-electron chi connectivity index (χ2n) is 6.60. The van der Waals surface area contributed by atoms with E-state index in [-0.39, 0.29) is 6.10 Å². The topological polar surface area (TPSA) is 20.2 Å². The van der Waals surface area contributed by atoms with Crippen LogP contribution in [0.3, 0.4) is 0 Å². The lowest BCUT2D eigenvalue weighted by atomic mass is 9.79. The summed E-state index contributed by atoms with van der Waals surface area (Å²) in [6.07, 6.45) is 5.65. The number of hydrogen-bond acceptors (Lipinski definition) is 1. The minimum absolute atomic E-state index is 0.115. The first-order valence-corrected chi connectivity index (χ1v) is 7.55. The van der Waals surface area contributed by atoms with Crippen molar-refractivity contribution in [2.24, 2.45) is 17.8 Å². The number of hydrogen-bond donors (Lipinski definition) is 1. The van der Waals surface area contributed by atoms with Crippen LogP contribution in [-0.4, -0.2) is 11.2 Å². The van der Waals surface area contributed by atoms with Crippen molar-refractivity contribution in [1.82, 2.24) is 0 Å². The molecule has 5 atom stereocenters. The number of aliphatic hydroxyl groups excluding tert-OH is 1. The maximum atomic E-state index is 10.7. The van der Waals surface area contributed by atoms with Crippen molar-refractivity contribution < 1.29 is 5.11 Å². The Bertz CT molecular complexity index is 462. The second-order valence-corrected chi connectivity index (χ2v) is 6.60. The predicted molar refractivity (Wildman–Crippen MR) is 78.9 cm³/mol. The first-order chi connectivity index (χ1) is 9.15. The minimum atomic E-state index is -0.115. The summed E-state index contributed by atoms with van der Waals surface area (Å²) in [5.41, 5.74) is 2.86. The molecule has 1 aromatic rings. The van der Waals surface area contributed by atoms with Crippen LogP contribution in [-0.2, 0) is 0 Å². The molecule has 1 N–H and O–H groups in total. The smallest absolute Gasteiger partial charge is 0.0605 e. The summed E-state index contributed by atoms with van der Waals surface area (Å²) >= 11 is 0. The summed E-state index contributed by atoms with van der Waals surface area (Å²) in [5.74, 6) is 2.18. The lowest BCUT2D eigenvalue weighted by molar-refractivity contribution is 0.0715. The van der Waals surface area contributed by atoms with Gasteiger partial charge in [-0.2, -0.15) is 0 Å². The van der Waals surface area contributed by atoms with Gasteiger partial charge in [-0.05, 0) is 55.4 Å². The van der Waals surface area contributed by atoms with Crippen LogP contribution in [0.25, 0.3) is 0 Å². The van der Waals surface area contributed by atoms with Crippen LogP contribution < -0.4 is 0 Å². The fourth-order valence-corrected chi connectivity index (χ4v) is 3.88. The molecule has 3 rings (SSSR count). The normalized spacial score (nSPS) is 35.6. The molecule has 1 heteroatoms. The molecule has 2 aliphatic carbocycles. The largest absolute Gasteiger partial charge is 0.393 e. The lowest BCUT2D eigenvalue weighted by Gasteiger charge is -2.29. The number of rotatable bonds is 3. The molecule has 19 heavy (non-hydrogen) atoms. The fraction of sp³-hybridized carbons (Fsp3) is 0.556. The van der Waals surface area contributed by atoms with Crippen LogP contribution in [0.5, 0.6) is 0 Å². The zero-order valence-electron chi connectivity index (χ0n) is 11.9. The average molecular weight is 256 g/mol. The van der Waals surface area contributed by atoms with Crippen molar-refractivity contribution in [3.8, 4) is 0 Å². The van der Waals surface area contributed by atoms with E-state index in [9.17, 15) is 5.11 Å². The van der Waals surface area contributed by atoms with Crippen LogP contribution in [0, 0.1) is 17.8 Å². The third kappa shape index (κ3) is 2.76. The Labute approximate surface area is 116 Å². The van der Waals surface area contributed by atoms with Gasteiger partial charge in [0.15, 0.2) is 0 Å². The molecular formula is C18H24O. The molecule has 1 nitrogen and oxygen atoms in total. The van der Waals surface area contributed by atoms with E-state index in [0.717, 1.165) is 12.8 Å². The quantitative estimate of drug-likeness (QED) is 0.806. The molecule has 0 spiro atoms. The van der Waals surface area contributed by atoms with E-state index >= 15 is 0 Å². The van der Waals surface area contributed by atoms with E-state index in [2.05, 4.69) is 50.3 Å². The Hall–Kier alpha value is -1.08. The van der Waals surface area contributed by atoms with Crippen molar-refractivity contribution in [2.45, 2.75) is 45.1 Å². The number of benzene rings is 1. The van der Waals surface area contributed by atoms with Crippen LogP contribution in [0.1, 0.15) is 44.6 Å². The van der Waals surface area contributed by atoms with Crippen molar-refractivity contribution in [3.63, 3.8) is 0 Å². The Morgan fingerprint density at radius 2 is 1.89 bits per heavy atom. The molecule has 0 aromatic heterocycles. The van der Waals surface area contributed by atoms with Crippen LogP contribution >= 0.6 is 0 Å². The fourth-order valence-electron chi connectivity index (χ4n) is 3.88. The summed E-state index contributed by atoms with van der Waals surface area (Å²) in [7, 11) is 0. The Kier molecular flexibility index (Phi) is 3.49. The van der Waals surface area contributed by atoms with Gasteiger partial charge >= 0.3 is 0 Å². The molecule has 1 aromatic carbocycles. The molecule has 0 aliphatic heterocycles. The van der Waals surface area contributed by atoms with Gasteiger partial charge in [0.1, 0.15) is 0 Å². The molecule has 102 valence electrons. The molecule has 2 aliphatic rings. The van der Waals surface area contributed by atoms with Crippen molar-refractivity contribution in [1.29, 1.82) is 0 Å². The van der Waals surface area contributed by atoms with Gasteiger partial charge in [-0.15, -0.1) is 0 Å². The summed E-state index contributed by atoms with van der Waals surface area (Å²) in [5, 5.41) is 10.7. The Morgan fingerprint density at radius 1 is 1.16 bits per heavy atom. The minimum Gasteiger partial charge on any atom is -0.393 e. The van der Waals surface area contributed by atoms with Gasteiger partial charge < -0.3 is 5.11 Å². The van der Waals surface area contributed by atoms with E-state index in [1.807, 2.05) is 0 Å². The van der Waals surface area contributed by atoms with Crippen molar-refractivity contribution in [2.75, 3.05) is 0 Å². The summed E-state index contributed by atoms with van der Waals surface area (Å²) in [6.45, 7) is 4.47. The van der Waals surface area contributed by atoms with Crippen molar-refractivity contribution >= 4 is 0 Å². The molecule has 0 radical (unpaired) electrons. The standard InChI is InChI=1S/C18H24O/c1-12-8-13(2)10-15(9-12)18(19)17-11-16(17)14-6-4-3-5-7-14/h3-8,12,15-19H,9-11H2,1-2H3. The van der Waals surface area contributed by atoms with E-state index in [1.54, 1.807) is 0 Å².